The van der Waals surface area contributed by atoms with Crippen molar-refractivity contribution >= 4 is 17.6 Å². The van der Waals surface area contributed by atoms with Gasteiger partial charge in [-0.2, -0.15) is 13.2 Å². The maximum atomic E-state index is 13.1. The van der Waals surface area contributed by atoms with Crippen LogP contribution in [0.4, 0.5) is 18.9 Å². The van der Waals surface area contributed by atoms with Gasteiger partial charge in [-0.1, -0.05) is 13.0 Å². The zero-order chi connectivity index (χ0) is 24.2. The maximum absolute atomic E-state index is 13.1. The van der Waals surface area contributed by atoms with E-state index in [0.29, 0.717) is 37.7 Å². The molecular weight excluding hydrogens is 439 g/mol. The van der Waals surface area contributed by atoms with Crippen LogP contribution in [0.1, 0.15) is 31.7 Å². The van der Waals surface area contributed by atoms with Crippen LogP contribution in [0.25, 0.3) is 0 Å². The summed E-state index contributed by atoms with van der Waals surface area (Å²) in [7, 11) is 1.28. The number of alkyl halides is 3. The van der Waals surface area contributed by atoms with Crippen molar-refractivity contribution in [1.82, 2.24) is 9.80 Å². The Labute approximate surface area is 192 Å². The number of anilines is 1. The number of aliphatic hydroxyl groups is 1. The van der Waals surface area contributed by atoms with E-state index in [4.69, 9.17) is 4.74 Å². The zero-order valence-electron chi connectivity index (χ0n) is 19.1. The van der Waals surface area contributed by atoms with Crippen LogP contribution in [-0.4, -0.2) is 85.3 Å². The van der Waals surface area contributed by atoms with Gasteiger partial charge in [-0.3, -0.25) is 4.79 Å². The highest BCUT2D eigenvalue weighted by Gasteiger charge is 2.35. The fraction of sp³-hybridized carbons (Fsp3) is 0.652. The molecule has 0 spiro atoms. The van der Waals surface area contributed by atoms with Crippen molar-refractivity contribution in [1.29, 1.82) is 0 Å². The molecule has 0 saturated carbocycles. The van der Waals surface area contributed by atoms with Crippen molar-refractivity contribution in [2.45, 2.75) is 44.5 Å². The van der Waals surface area contributed by atoms with Crippen molar-refractivity contribution < 1.29 is 32.6 Å². The average Bonchev–Trinajstić information content (AvgIpc) is 2.94. The second-order valence-electron chi connectivity index (χ2n) is 8.95. The van der Waals surface area contributed by atoms with Crippen molar-refractivity contribution in [2.75, 3.05) is 51.3 Å². The van der Waals surface area contributed by atoms with Gasteiger partial charge in [-0.15, -0.1) is 0 Å². The van der Waals surface area contributed by atoms with Gasteiger partial charge < -0.3 is 24.5 Å². The van der Waals surface area contributed by atoms with Gasteiger partial charge in [0, 0.05) is 51.4 Å². The van der Waals surface area contributed by atoms with Crippen LogP contribution in [0.15, 0.2) is 24.3 Å². The third-order valence-corrected chi connectivity index (χ3v) is 6.35. The predicted molar refractivity (Wildman–Crippen MR) is 117 cm³/mol. The lowest BCUT2D eigenvalue weighted by atomic mass is 9.97. The number of methoxy groups -OCH3 is 1. The number of esters is 1. The van der Waals surface area contributed by atoms with Gasteiger partial charge in [-0.05, 0) is 37.0 Å². The van der Waals surface area contributed by atoms with E-state index in [9.17, 15) is 27.9 Å². The minimum Gasteiger partial charge on any atom is -0.467 e. The van der Waals surface area contributed by atoms with Crippen LogP contribution in [0.2, 0.25) is 0 Å². The zero-order valence-corrected chi connectivity index (χ0v) is 19.1. The molecule has 1 unspecified atom stereocenters. The first-order valence-corrected chi connectivity index (χ1v) is 11.3. The second kappa shape index (κ2) is 10.7. The number of hydrogen-bond acceptors (Lipinski definition) is 6. The molecule has 3 atom stereocenters. The number of piperidine rings is 1. The van der Waals surface area contributed by atoms with Gasteiger partial charge >= 0.3 is 12.1 Å². The number of carbonyl (C=O) groups excluding carboxylic acids is 2. The summed E-state index contributed by atoms with van der Waals surface area (Å²) in [4.78, 5) is 30.8. The van der Waals surface area contributed by atoms with E-state index in [1.54, 1.807) is 11.0 Å². The molecule has 33 heavy (non-hydrogen) atoms. The Balaban J connectivity index is 1.70. The second-order valence-corrected chi connectivity index (χ2v) is 8.95. The summed E-state index contributed by atoms with van der Waals surface area (Å²) in [5, 5.41) is 10.0. The van der Waals surface area contributed by atoms with Crippen LogP contribution in [0.5, 0.6) is 0 Å². The number of amides is 1. The van der Waals surface area contributed by atoms with E-state index >= 15 is 0 Å². The van der Waals surface area contributed by atoms with Gasteiger partial charge in [0.25, 0.3) is 0 Å². The molecule has 7 nitrogen and oxygen atoms in total. The summed E-state index contributed by atoms with van der Waals surface area (Å²) in [6.45, 7) is 4.70. The summed E-state index contributed by atoms with van der Waals surface area (Å²) in [6, 6.07) is 4.27. The molecule has 184 valence electrons. The van der Waals surface area contributed by atoms with Crippen LogP contribution >= 0.6 is 0 Å². The number of β-amino-alcohol motifs (C(OH)–C–C–N with tert-alkyl or cyclic N) is 1. The normalized spacial score (nSPS) is 23.9. The number of likely N-dealkylation sites (tertiary alicyclic amines) is 1. The molecule has 1 amide bonds. The Morgan fingerprint density at radius 3 is 2.67 bits per heavy atom. The average molecular weight is 472 g/mol. The van der Waals surface area contributed by atoms with E-state index in [1.807, 2.05) is 0 Å². The molecule has 10 heteroatoms. The first-order valence-electron chi connectivity index (χ1n) is 11.3. The number of hydrogen-bond donors (Lipinski definition) is 1. The van der Waals surface area contributed by atoms with E-state index in [2.05, 4.69) is 11.8 Å². The van der Waals surface area contributed by atoms with Crippen LogP contribution in [0, 0.1) is 5.92 Å². The lowest BCUT2D eigenvalue weighted by Gasteiger charge is -2.36. The Morgan fingerprint density at radius 2 is 2.00 bits per heavy atom. The molecule has 0 bridgehead atoms. The SMILES string of the molecule is COC(=O)C(CCN1C[C@@H](C)C[C@H](O)C1)N1CCN(c2cccc(C(F)(F)F)c2)CCC1=O. The molecule has 2 fully saturated rings. The lowest BCUT2D eigenvalue weighted by Crippen LogP contribution is -2.49. The van der Waals surface area contributed by atoms with E-state index in [1.165, 1.54) is 18.1 Å². The minimum atomic E-state index is -4.45. The van der Waals surface area contributed by atoms with Crippen molar-refractivity contribution in [2.24, 2.45) is 5.92 Å². The van der Waals surface area contributed by atoms with Crippen LogP contribution in [0.3, 0.4) is 0 Å². The third-order valence-electron chi connectivity index (χ3n) is 6.35. The fourth-order valence-corrected chi connectivity index (χ4v) is 4.76. The molecule has 3 rings (SSSR count). The van der Waals surface area contributed by atoms with Crippen molar-refractivity contribution in [3.8, 4) is 0 Å². The number of halogens is 3. The summed E-state index contributed by atoms with van der Waals surface area (Å²) in [6.07, 6.45) is -3.66. The Bertz CT molecular complexity index is 825. The van der Waals surface area contributed by atoms with Gasteiger partial charge in [0.05, 0.1) is 18.8 Å². The van der Waals surface area contributed by atoms with Crippen LogP contribution < -0.4 is 4.90 Å². The standard InChI is InChI=1S/C23H32F3N3O4/c1-16-12-19(30)15-27(14-16)8-6-20(22(32)33-2)29-11-10-28(9-7-21(29)31)18-5-3-4-17(13-18)23(24,25)26/h3-5,13,16,19-20,30H,6-12,14-15H2,1-2H3/t16-,19-,20?/m0/s1. The number of carbonyl (C=O) groups is 2. The number of ether oxygens (including phenoxy) is 1. The van der Waals surface area contributed by atoms with Gasteiger partial charge in [0.15, 0.2) is 0 Å². The molecule has 1 aromatic rings. The van der Waals surface area contributed by atoms with Gasteiger partial charge in [0.2, 0.25) is 5.91 Å². The summed E-state index contributed by atoms with van der Waals surface area (Å²) >= 11 is 0. The molecule has 1 aromatic carbocycles. The Hall–Kier alpha value is -2.33. The van der Waals surface area contributed by atoms with Gasteiger partial charge in [-0.25, -0.2) is 4.79 Å². The highest BCUT2D eigenvalue weighted by Crippen LogP contribution is 2.32. The molecular formula is C23H32F3N3O4. The molecule has 0 aliphatic carbocycles. The quantitative estimate of drug-likeness (QED) is 0.643. The van der Waals surface area contributed by atoms with E-state index in [-0.39, 0.29) is 25.4 Å². The number of nitrogens with zero attached hydrogens (tertiary/aromatic N) is 3. The number of rotatable bonds is 6. The monoisotopic (exact) mass is 471 g/mol. The Kier molecular flexibility index (Phi) is 8.23. The molecule has 2 aliphatic heterocycles. The fourth-order valence-electron chi connectivity index (χ4n) is 4.76. The van der Waals surface area contributed by atoms with Crippen LogP contribution in [-0.2, 0) is 20.5 Å². The molecule has 2 aliphatic rings. The lowest BCUT2D eigenvalue weighted by molar-refractivity contribution is -0.153. The van der Waals surface area contributed by atoms with Gasteiger partial charge in [0.1, 0.15) is 6.04 Å². The van der Waals surface area contributed by atoms with Crippen molar-refractivity contribution in [3.05, 3.63) is 29.8 Å². The summed E-state index contributed by atoms with van der Waals surface area (Å²) in [5.74, 6) is -0.403. The topological polar surface area (TPSA) is 73.3 Å². The first-order chi connectivity index (χ1) is 15.6. The third kappa shape index (κ3) is 6.60. The molecule has 1 N–H and O–H groups in total. The number of benzene rings is 1. The molecule has 2 heterocycles. The molecule has 0 radical (unpaired) electrons. The first kappa shape index (κ1) is 25.3. The van der Waals surface area contributed by atoms with E-state index in [0.717, 1.165) is 25.1 Å². The largest absolute Gasteiger partial charge is 0.467 e. The van der Waals surface area contributed by atoms with E-state index < -0.39 is 29.9 Å². The molecule has 2 saturated heterocycles. The highest BCUT2D eigenvalue weighted by atomic mass is 19.4. The summed E-state index contributed by atoms with van der Waals surface area (Å²) in [5.41, 5.74) is -0.344. The minimum absolute atomic E-state index is 0.0865. The highest BCUT2D eigenvalue weighted by molar-refractivity contribution is 5.85. The van der Waals surface area contributed by atoms with Crippen molar-refractivity contribution in [3.63, 3.8) is 0 Å². The summed E-state index contributed by atoms with van der Waals surface area (Å²) < 4.78 is 44.3. The Morgan fingerprint density at radius 1 is 1.24 bits per heavy atom. The smallest absolute Gasteiger partial charge is 0.416 e. The maximum Gasteiger partial charge on any atom is 0.416 e. The predicted octanol–water partition coefficient (Wildman–Crippen LogP) is 2.38. The number of aliphatic hydroxyl groups excluding tert-OH is 1. The molecule has 0 aromatic heterocycles.